The lowest BCUT2D eigenvalue weighted by Gasteiger charge is -2.11. The molecule has 4 N–H and O–H groups in total. The van der Waals surface area contributed by atoms with Crippen molar-refractivity contribution in [1.29, 1.82) is 0 Å². The summed E-state index contributed by atoms with van der Waals surface area (Å²) in [6, 6.07) is 8.79. The molecule has 21 heavy (non-hydrogen) atoms. The highest BCUT2D eigenvalue weighted by Crippen LogP contribution is 2.26. The van der Waals surface area contributed by atoms with E-state index in [-0.39, 0.29) is 17.0 Å². The molecule has 0 aliphatic carbocycles. The maximum Gasteiger partial charge on any atom is 0.387 e. The molecule has 0 saturated heterocycles. The number of halogens is 2. The molecule has 0 aliphatic rings. The highest BCUT2D eigenvalue weighted by atomic mass is 19.3. The number of rotatable bonds is 5. The Morgan fingerprint density at radius 2 is 2.05 bits per heavy atom. The van der Waals surface area contributed by atoms with Crippen LogP contribution in [-0.2, 0) is 0 Å². The van der Waals surface area contributed by atoms with Crippen LogP contribution in [0.15, 0.2) is 42.6 Å². The van der Waals surface area contributed by atoms with E-state index in [1.807, 2.05) is 0 Å². The number of carbonyl (C=O) groups excluding carboxylic acids is 1. The average molecular weight is 294 g/mol. The Balaban J connectivity index is 2.19. The first-order valence-corrected chi connectivity index (χ1v) is 5.88. The highest BCUT2D eigenvalue weighted by molar-refractivity contribution is 6.05. The Morgan fingerprint density at radius 1 is 1.29 bits per heavy atom. The molecule has 0 unspecified atom stereocenters. The molecule has 2 aromatic rings. The van der Waals surface area contributed by atoms with E-state index in [2.05, 4.69) is 20.5 Å². The molecular weight excluding hydrogens is 282 g/mol. The second kappa shape index (κ2) is 6.62. The summed E-state index contributed by atoms with van der Waals surface area (Å²) >= 11 is 0. The van der Waals surface area contributed by atoms with Crippen LogP contribution in [0.3, 0.4) is 0 Å². The van der Waals surface area contributed by atoms with Crippen LogP contribution in [0.5, 0.6) is 5.75 Å². The van der Waals surface area contributed by atoms with Crippen LogP contribution in [0.2, 0.25) is 0 Å². The Hall–Kier alpha value is -2.74. The number of nitrogens with two attached hydrogens (primary N) is 1. The molecule has 1 heterocycles. The summed E-state index contributed by atoms with van der Waals surface area (Å²) in [5.41, 5.74) is 2.72. The van der Waals surface area contributed by atoms with Crippen LogP contribution in [-0.4, -0.2) is 17.5 Å². The molecule has 1 amide bonds. The number of benzene rings is 1. The molecule has 0 fully saturated rings. The monoisotopic (exact) mass is 294 g/mol. The van der Waals surface area contributed by atoms with Gasteiger partial charge in [-0.1, -0.05) is 12.1 Å². The van der Waals surface area contributed by atoms with E-state index >= 15 is 0 Å². The fourth-order valence-electron chi connectivity index (χ4n) is 1.61. The summed E-state index contributed by atoms with van der Waals surface area (Å²) in [4.78, 5) is 15.9. The number of hydrazine groups is 1. The molecule has 110 valence electrons. The lowest BCUT2D eigenvalue weighted by atomic mass is 10.2. The third-order valence-corrected chi connectivity index (χ3v) is 2.52. The molecule has 0 radical (unpaired) electrons. The molecule has 0 aliphatic heterocycles. The van der Waals surface area contributed by atoms with Gasteiger partial charge in [-0.3, -0.25) is 4.79 Å². The predicted molar refractivity (Wildman–Crippen MR) is 73.1 cm³/mol. The van der Waals surface area contributed by atoms with Crippen molar-refractivity contribution in [2.24, 2.45) is 5.84 Å². The van der Waals surface area contributed by atoms with Crippen molar-refractivity contribution in [3.05, 3.63) is 48.2 Å². The lowest BCUT2D eigenvalue weighted by molar-refractivity contribution is -0.0493. The zero-order chi connectivity index (χ0) is 15.2. The summed E-state index contributed by atoms with van der Waals surface area (Å²) in [6.45, 7) is -2.97. The zero-order valence-electron chi connectivity index (χ0n) is 10.7. The summed E-state index contributed by atoms with van der Waals surface area (Å²) in [5, 5.41) is 2.49. The number of aromatic nitrogens is 1. The van der Waals surface area contributed by atoms with Crippen molar-refractivity contribution < 1.29 is 18.3 Å². The lowest BCUT2D eigenvalue weighted by Crippen LogP contribution is -2.15. The number of hydrogen-bond donors (Lipinski definition) is 3. The van der Waals surface area contributed by atoms with Crippen molar-refractivity contribution in [3.63, 3.8) is 0 Å². The SMILES string of the molecule is NNc1cc(C(=O)Nc2ccccc2OC(F)F)ccn1. The van der Waals surface area contributed by atoms with E-state index in [9.17, 15) is 13.6 Å². The summed E-state index contributed by atoms with van der Waals surface area (Å²) < 4.78 is 28.9. The van der Waals surface area contributed by atoms with E-state index in [0.717, 1.165) is 0 Å². The van der Waals surface area contributed by atoms with Gasteiger partial charge in [0.15, 0.2) is 0 Å². The molecule has 2 rings (SSSR count). The number of ether oxygens (including phenoxy) is 1. The largest absolute Gasteiger partial charge is 0.433 e. The molecule has 8 heteroatoms. The number of hydrogen-bond acceptors (Lipinski definition) is 5. The Labute approximate surface area is 118 Å². The number of nitrogens with one attached hydrogen (secondary N) is 2. The number of nitrogen functional groups attached to an aromatic ring is 1. The van der Waals surface area contributed by atoms with Gasteiger partial charge >= 0.3 is 6.61 Å². The van der Waals surface area contributed by atoms with Crippen molar-refractivity contribution >= 4 is 17.4 Å². The average Bonchev–Trinajstić information content (AvgIpc) is 2.48. The van der Waals surface area contributed by atoms with Crippen LogP contribution in [0.1, 0.15) is 10.4 Å². The number of nitrogens with zero attached hydrogens (tertiary/aromatic N) is 1. The van der Waals surface area contributed by atoms with Crippen LogP contribution >= 0.6 is 0 Å². The minimum Gasteiger partial charge on any atom is -0.433 e. The topological polar surface area (TPSA) is 89.3 Å². The van der Waals surface area contributed by atoms with Gasteiger partial charge in [-0.15, -0.1) is 0 Å². The van der Waals surface area contributed by atoms with Crippen LogP contribution in [0.4, 0.5) is 20.3 Å². The number of para-hydroxylation sites is 2. The van der Waals surface area contributed by atoms with Gasteiger partial charge in [0, 0.05) is 11.8 Å². The van der Waals surface area contributed by atoms with Gasteiger partial charge < -0.3 is 15.5 Å². The fraction of sp³-hybridized carbons (Fsp3) is 0.0769. The Bertz CT molecular complexity index is 637. The Morgan fingerprint density at radius 3 is 2.76 bits per heavy atom. The van der Waals surface area contributed by atoms with Gasteiger partial charge in [-0.2, -0.15) is 8.78 Å². The van der Waals surface area contributed by atoms with E-state index in [1.165, 1.54) is 36.5 Å². The van der Waals surface area contributed by atoms with Gasteiger partial charge in [0.2, 0.25) is 0 Å². The number of amides is 1. The van der Waals surface area contributed by atoms with Crippen LogP contribution in [0, 0.1) is 0 Å². The number of alkyl halides is 2. The van der Waals surface area contributed by atoms with E-state index < -0.39 is 12.5 Å². The smallest absolute Gasteiger partial charge is 0.387 e. The second-order valence-electron chi connectivity index (χ2n) is 3.90. The molecule has 0 saturated carbocycles. The quantitative estimate of drug-likeness (QED) is 0.581. The predicted octanol–water partition coefficient (Wildman–Crippen LogP) is 2.22. The Kier molecular flexibility index (Phi) is 4.62. The van der Waals surface area contributed by atoms with Crippen molar-refractivity contribution in [1.82, 2.24) is 4.98 Å². The van der Waals surface area contributed by atoms with E-state index in [4.69, 9.17) is 5.84 Å². The molecule has 0 bridgehead atoms. The highest BCUT2D eigenvalue weighted by Gasteiger charge is 2.13. The van der Waals surface area contributed by atoms with Gasteiger partial charge in [0.05, 0.1) is 5.69 Å². The van der Waals surface area contributed by atoms with Gasteiger partial charge in [-0.05, 0) is 24.3 Å². The third kappa shape index (κ3) is 3.86. The van der Waals surface area contributed by atoms with Crippen molar-refractivity contribution in [3.8, 4) is 5.75 Å². The fourth-order valence-corrected chi connectivity index (χ4v) is 1.61. The van der Waals surface area contributed by atoms with Crippen LogP contribution < -0.4 is 21.3 Å². The molecule has 6 nitrogen and oxygen atoms in total. The molecule has 0 atom stereocenters. The normalized spacial score (nSPS) is 10.3. The third-order valence-electron chi connectivity index (χ3n) is 2.52. The molecular formula is C13H12F2N4O2. The van der Waals surface area contributed by atoms with Crippen molar-refractivity contribution in [2.45, 2.75) is 6.61 Å². The minimum atomic E-state index is -2.97. The number of anilines is 2. The maximum absolute atomic E-state index is 12.3. The van der Waals surface area contributed by atoms with Gasteiger partial charge in [-0.25, -0.2) is 10.8 Å². The molecule has 1 aromatic heterocycles. The van der Waals surface area contributed by atoms with E-state index in [0.29, 0.717) is 5.82 Å². The number of carbonyl (C=O) groups is 1. The first-order valence-electron chi connectivity index (χ1n) is 5.88. The summed E-state index contributed by atoms with van der Waals surface area (Å²) in [7, 11) is 0. The van der Waals surface area contributed by atoms with Gasteiger partial charge in [0.1, 0.15) is 11.6 Å². The second-order valence-corrected chi connectivity index (χ2v) is 3.90. The first-order chi connectivity index (χ1) is 10.1. The van der Waals surface area contributed by atoms with Crippen molar-refractivity contribution in [2.75, 3.05) is 10.7 Å². The standard InChI is InChI=1S/C13H12F2N4O2/c14-13(15)21-10-4-2-1-3-9(10)18-12(20)8-5-6-17-11(7-8)19-16/h1-7,13H,16H2,(H,17,19)(H,18,20). The van der Waals surface area contributed by atoms with Crippen LogP contribution in [0.25, 0.3) is 0 Å². The maximum atomic E-state index is 12.3. The zero-order valence-corrected chi connectivity index (χ0v) is 10.7. The summed E-state index contributed by atoms with van der Waals surface area (Å²) in [6.07, 6.45) is 1.39. The molecule has 0 spiro atoms. The summed E-state index contributed by atoms with van der Waals surface area (Å²) in [5.74, 6) is 4.89. The number of pyridine rings is 1. The van der Waals surface area contributed by atoms with Gasteiger partial charge in [0.25, 0.3) is 5.91 Å². The minimum absolute atomic E-state index is 0.118. The first kappa shape index (κ1) is 14.7. The van der Waals surface area contributed by atoms with E-state index in [1.54, 1.807) is 6.07 Å². The molecule has 1 aromatic carbocycles.